The van der Waals surface area contributed by atoms with E-state index in [0.29, 0.717) is 5.82 Å². The number of anilines is 1. The third-order valence-corrected chi connectivity index (χ3v) is 0.930. The van der Waals surface area contributed by atoms with Gasteiger partial charge in [-0.2, -0.15) is 4.98 Å². The minimum absolute atomic E-state index is 0.0696. The van der Waals surface area contributed by atoms with Gasteiger partial charge in [0.15, 0.2) is 0 Å². The SMILES string of the molecule is Cc1nc(N)nc(BF)n1. The van der Waals surface area contributed by atoms with Crippen LogP contribution in [0.4, 0.5) is 10.3 Å². The third kappa shape index (κ3) is 1.40. The Hall–Kier alpha value is -1.20. The molecular weight excluding hydrogens is 134 g/mol. The topological polar surface area (TPSA) is 64.7 Å². The molecule has 1 rings (SSSR count). The van der Waals surface area contributed by atoms with E-state index >= 15 is 0 Å². The summed E-state index contributed by atoms with van der Waals surface area (Å²) >= 11 is 0. The van der Waals surface area contributed by atoms with E-state index in [1.165, 1.54) is 0 Å². The van der Waals surface area contributed by atoms with Crippen LogP contribution >= 0.6 is 0 Å². The lowest BCUT2D eigenvalue weighted by atomic mass is 10.1. The zero-order valence-electron chi connectivity index (χ0n) is 5.50. The standard InChI is InChI=1S/C4H6BFN4/c1-2-8-3(5-6)10-4(7)9-2/h5H,1H3,(H2,7,8,9,10). The molecule has 1 aromatic heterocycles. The second kappa shape index (κ2) is 2.59. The van der Waals surface area contributed by atoms with Crippen molar-refractivity contribution in [3.8, 4) is 0 Å². The summed E-state index contributed by atoms with van der Waals surface area (Å²) in [7, 11) is -0.701. The maximum Gasteiger partial charge on any atom is 0.406 e. The summed E-state index contributed by atoms with van der Waals surface area (Å²) in [6, 6.07) is 0. The molecule has 0 aliphatic carbocycles. The average molecular weight is 140 g/mol. The van der Waals surface area contributed by atoms with Gasteiger partial charge in [0.25, 0.3) is 0 Å². The van der Waals surface area contributed by atoms with Gasteiger partial charge in [0.2, 0.25) is 5.95 Å². The number of nitrogen functional groups attached to an aromatic ring is 1. The molecule has 0 spiro atoms. The van der Waals surface area contributed by atoms with Gasteiger partial charge in [-0.25, -0.2) is 9.97 Å². The van der Waals surface area contributed by atoms with Crippen molar-refractivity contribution in [1.82, 2.24) is 15.0 Å². The van der Waals surface area contributed by atoms with Crippen LogP contribution in [0, 0.1) is 6.92 Å². The van der Waals surface area contributed by atoms with Crippen LogP contribution in [0.25, 0.3) is 0 Å². The fourth-order valence-corrected chi connectivity index (χ4v) is 0.620. The molecular formula is C4H6BFN4. The molecule has 4 nitrogen and oxygen atoms in total. The van der Waals surface area contributed by atoms with Gasteiger partial charge in [-0.1, -0.05) is 0 Å². The highest BCUT2D eigenvalue weighted by Gasteiger charge is 2.00. The van der Waals surface area contributed by atoms with Crippen molar-refractivity contribution in [2.45, 2.75) is 6.92 Å². The summed E-state index contributed by atoms with van der Waals surface area (Å²) < 4.78 is 11.9. The van der Waals surface area contributed by atoms with Crippen molar-refractivity contribution in [2.24, 2.45) is 0 Å². The van der Waals surface area contributed by atoms with Crippen LogP contribution in [0.1, 0.15) is 5.82 Å². The normalized spacial score (nSPS) is 9.40. The Labute approximate surface area is 58.0 Å². The van der Waals surface area contributed by atoms with Gasteiger partial charge in [-0.05, 0) is 6.92 Å². The number of halogens is 1. The maximum absolute atomic E-state index is 11.9. The van der Waals surface area contributed by atoms with E-state index in [2.05, 4.69) is 15.0 Å². The molecule has 1 heterocycles. The molecule has 10 heavy (non-hydrogen) atoms. The van der Waals surface area contributed by atoms with Crippen molar-refractivity contribution in [2.75, 3.05) is 5.73 Å². The van der Waals surface area contributed by atoms with E-state index in [-0.39, 0.29) is 11.7 Å². The van der Waals surface area contributed by atoms with Crippen LogP contribution < -0.4 is 11.5 Å². The molecule has 0 amide bonds. The van der Waals surface area contributed by atoms with E-state index in [4.69, 9.17) is 5.73 Å². The molecule has 0 aromatic carbocycles. The molecule has 0 saturated carbocycles. The molecule has 52 valence electrons. The van der Waals surface area contributed by atoms with Crippen LogP contribution in [-0.2, 0) is 0 Å². The number of hydrogen-bond acceptors (Lipinski definition) is 4. The van der Waals surface area contributed by atoms with Crippen LogP contribution in [-0.4, -0.2) is 22.5 Å². The summed E-state index contributed by atoms with van der Waals surface area (Å²) in [6.45, 7) is 1.64. The van der Waals surface area contributed by atoms with Gasteiger partial charge in [-0.3, -0.25) is 0 Å². The first-order valence-corrected chi connectivity index (χ1v) is 2.75. The molecule has 2 N–H and O–H groups in total. The second-order valence-electron chi connectivity index (χ2n) is 1.79. The lowest BCUT2D eigenvalue weighted by Crippen LogP contribution is -2.22. The van der Waals surface area contributed by atoms with Crippen LogP contribution in [0.3, 0.4) is 0 Å². The summed E-state index contributed by atoms with van der Waals surface area (Å²) in [5, 5.41) is 0. The van der Waals surface area contributed by atoms with Gasteiger partial charge in [-0.15, -0.1) is 0 Å². The molecule has 6 heteroatoms. The van der Waals surface area contributed by atoms with Crippen LogP contribution in [0.5, 0.6) is 0 Å². The lowest BCUT2D eigenvalue weighted by Gasteiger charge is -1.95. The predicted molar refractivity (Wildman–Crippen MR) is 36.9 cm³/mol. The lowest BCUT2D eigenvalue weighted by molar-refractivity contribution is 0.871. The number of nitrogens with two attached hydrogens (primary N) is 1. The zero-order valence-corrected chi connectivity index (χ0v) is 5.50. The summed E-state index contributed by atoms with van der Waals surface area (Å²) in [6.07, 6.45) is 0. The first-order chi connectivity index (χ1) is 4.72. The van der Waals surface area contributed by atoms with Gasteiger partial charge in [0, 0.05) is 0 Å². The minimum Gasteiger partial charge on any atom is -0.368 e. The van der Waals surface area contributed by atoms with Crippen molar-refractivity contribution in [3.05, 3.63) is 5.82 Å². The highest BCUT2D eigenvalue weighted by molar-refractivity contribution is 6.43. The highest BCUT2D eigenvalue weighted by Crippen LogP contribution is 1.85. The molecule has 0 atom stereocenters. The molecule has 0 saturated heterocycles. The first kappa shape index (κ1) is 6.92. The molecule has 0 aliphatic heterocycles. The Balaban J connectivity index is 3.06. The predicted octanol–water partition coefficient (Wildman–Crippen LogP) is -1.29. The number of rotatable bonds is 1. The van der Waals surface area contributed by atoms with Crippen molar-refractivity contribution in [1.29, 1.82) is 0 Å². The molecule has 0 fully saturated rings. The monoisotopic (exact) mass is 140 g/mol. The van der Waals surface area contributed by atoms with Gasteiger partial charge in [0.1, 0.15) is 11.5 Å². The van der Waals surface area contributed by atoms with E-state index < -0.39 is 7.56 Å². The first-order valence-electron chi connectivity index (χ1n) is 2.75. The maximum atomic E-state index is 11.9. The smallest absolute Gasteiger partial charge is 0.368 e. The van der Waals surface area contributed by atoms with E-state index in [1.807, 2.05) is 0 Å². The molecule has 0 radical (unpaired) electrons. The average Bonchev–Trinajstić information content (AvgIpc) is 1.85. The van der Waals surface area contributed by atoms with Gasteiger partial charge >= 0.3 is 7.56 Å². The quantitative estimate of drug-likeness (QED) is 0.492. The van der Waals surface area contributed by atoms with Gasteiger partial charge < -0.3 is 10.0 Å². The van der Waals surface area contributed by atoms with Crippen molar-refractivity contribution < 1.29 is 4.32 Å². The molecule has 0 aliphatic rings. The zero-order chi connectivity index (χ0) is 7.56. The second-order valence-corrected chi connectivity index (χ2v) is 1.79. The van der Waals surface area contributed by atoms with Crippen molar-refractivity contribution >= 4 is 19.2 Å². The number of nitrogens with zero attached hydrogens (tertiary/aromatic N) is 3. The Kier molecular flexibility index (Phi) is 1.79. The van der Waals surface area contributed by atoms with Crippen LogP contribution in [0.15, 0.2) is 0 Å². The number of aromatic nitrogens is 3. The fraction of sp³-hybridized carbons (Fsp3) is 0.250. The highest BCUT2D eigenvalue weighted by atomic mass is 19.1. The number of aryl methyl sites for hydroxylation is 1. The fourth-order valence-electron chi connectivity index (χ4n) is 0.620. The molecule has 0 unspecified atom stereocenters. The number of hydrogen-bond donors (Lipinski definition) is 1. The van der Waals surface area contributed by atoms with Gasteiger partial charge in [0.05, 0.1) is 0 Å². The Morgan fingerprint density at radius 2 is 2.10 bits per heavy atom. The van der Waals surface area contributed by atoms with E-state index in [1.54, 1.807) is 6.92 Å². The third-order valence-electron chi connectivity index (χ3n) is 0.930. The molecule has 0 bridgehead atoms. The Bertz CT molecular complexity index is 220. The summed E-state index contributed by atoms with van der Waals surface area (Å²) in [5.41, 5.74) is 5.29. The summed E-state index contributed by atoms with van der Waals surface area (Å²) in [5.74, 6) is 0.514. The summed E-state index contributed by atoms with van der Waals surface area (Å²) in [4.78, 5) is 10.9. The Morgan fingerprint density at radius 3 is 2.60 bits per heavy atom. The van der Waals surface area contributed by atoms with Crippen molar-refractivity contribution in [3.63, 3.8) is 0 Å². The largest absolute Gasteiger partial charge is 0.406 e. The minimum atomic E-state index is -0.701. The van der Waals surface area contributed by atoms with E-state index in [9.17, 15) is 4.32 Å². The van der Waals surface area contributed by atoms with E-state index in [0.717, 1.165) is 0 Å². The molecule has 1 aromatic rings. The Morgan fingerprint density at radius 1 is 1.40 bits per heavy atom. The van der Waals surface area contributed by atoms with Crippen LogP contribution in [0.2, 0.25) is 0 Å².